The van der Waals surface area contributed by atoms with Gasteiger partial charge >= 0.3 is 0 Å². The number of hydrogen-bond donors (Lipinski definition) is 1. The van der Waals surface area contributed by atoms with Gasteiger partial charge in [0.05, 0.1) is 6.61 Å². The van der Waals surface area contributed by atoms with E-state index in [4.69, 9.17) is 5.11 Å². The summed E-state index contributed by atoms with van der Waals surface area (Å²) in [5.41, 5.74) is 3.32. The number of rotatable bonds is 2. The summed E-state index contributed by atoms with van der Waals surface area (Å²) in [7, 11) is 0. The van der Waals surface area contributed by atoms with Crippen molar-refractivity contribution >= 4 is 11.6 Å². The van der Waals surface area contributed by atoms with E-state index in [2.05, 4.69) is 12.1 Å². The third kappa shape index (κ3) is 1.88. The number of amides is 1. The van der Waals surface area contributed by atoms with Crippen LogP contribution in [-0.2, 0) is 11.2 Å². The fourth-order valence-electron chi connectivity index (χ4n) is 1.99. The standard InChI is InChI=1S/C12H15NO2/c1-9-2-3-10-4-5-12(15)13(6-7-14)11(10)8-9/h2-3,8,14H,4-7H2,1H3. The second-order valence-corrected chi connectivity index (χ2v) is 3.90. The van der Waals surface area contributed by atoms with Gasteiger partial charge < -0.3 is 10.0 Å². The van der Waals surface area contributed by atoms with Crippen molar-refractivity contribution in [1.29, 1.82) is 0 Å². The zero-order chi connectivity index (χ0) is 10.8. The highest BCUT2D eigenvalue weighted by atomic mass is 16.3. The first-order valence-corrected chi connectivity index (χ1v) is 5.23. The number of carbonyl (C=O) groups is 1. The normalized spacial score (nSPS) is 15.3. The Morgan fingerprint density at radius 3 is 2.93 bits per heavy atom. The largest absolute Gasteiger partial charge is 0.395 e. The second kappa shape index (κ2) is 4.03. The maximum atomic E-state index is 11.7. The number of aliphatic hydroxyl groups excluding tert-OH is 1. The van der Waals surface area contributed by atoms with Crippen molar-refractivity contribution in [2.45, 2.75) is 19.8 Å². The first-order valence-electron chi connectivity index (χ1n) is 5.23. The molecule has 1 aliphatic heterocycles. The van der Waals surface area contributed by atoms with E-state index < -0.39 is 0 Å². The van der Waals surface area contributed by atoms with Crippen molar-refractivity contribution in [3.8, 4) is 0 Å². The maximum absolute atomic E-state index is 11.7. The average Bonchev–Trinajstić information content (AvgIpc) is 2.23. The van der Waals surface area contributed by atoms with Crippen LogP contribution >= 0.6 is 0 Å². The molecule has 3 nitrogen and oxygen atoms in total. The minimum Gasteiger partial charge on any atom is -0.395 e. The fourth-order valence-corrected chi connectivity index (χ4v) is 1.99. The Morgan fingerprint density at radius 2 is 2.20 bits per heavy atom. The third-order valence-corrected chi connectivity index (χ3v) is 2.76. The Kier molecular flexibility index (Phi) is 2.73. The molecular formula is C12H15NO2. The van der Waals surface area contributed by atoms with Gasteiger partial charge in [0.2, 0.25) is 5.91 Å². The van der Waals surface area contributed by atoms with Crippen molar-refractivity contribution in [3.05, 3.63) is 29.3 Å². The second-order valence-electron chi connectivity index (χ2n) is 3.90. The van der Waals surface area contributed by atoms with Crippen LogP contribution in [0, 0.1) is 6.92 Å². The molecule has 0 atom stereocenters. The number of benzene rings is 1. The Balaban J connectivity index is 2.41. The molecule has 0 fully saturated rings. The van der Waals surface area contributed by atoms with Crippen LogP contribution < -0.4 is 4.90 Å². The van der Waals surface area contributed by atoms with E-state index in [1.807, 2.05) is 13.0 Å². The minimum atomic E-state index is 0.0130. The maximum Gasteiger partial charge on any atom is 0.227 e. The molecule has 15 heavy (non-hydrogen) atoms. The van der Waals surface area contributed by atoms with E-state index in [-0.39, 0.29) is 12.5 Å². The zero-order valence-corrected chi connectivity index (χ0v) is 8.86. The van der Waals surface area contributed by atoms with E-state index in [1.54, 1.807) is 4.90 Å². The Hall–Kier alpha value is -1.35. The molecular weight excluding hydrogens is 190 g/mol. The Bertz CT molecular complexity index is 387. The van der Waals surface area contributed by atoms with E-state index in [9.17, 15) is 4.79 Å². The number of aryl methyl sites for hydroxylation is 2. The molecule has 0 saturated carbocycles. The molecule has 1 heterocycles. The van der Waals surface area contributed by atoms with Crippen LogP contribution in [0.25, 0.3) is 0 Å². The molecule has 1 N–H and O–H groups in total. The molecule has 0 unspecified atom stereocenters. The lowest BCUT2D eigenvalue weighted by atomic mass is 9.99. The van der Waals surface area contributed by atoms with E-state index >= 15 is 0 Å². The fraction of sp³-hybridized carbons (Fsp3) is 0.417. The summed E-state index contributed by atoms with van der Waals surface area (Å²) in [6, 6.07) is 6.15. The number of hydrogen-bond acceptors (Lipinski definition) is 2. The molecule has 0 saturated heterocycles. The van der Waals surface area contributed by atoms with Crippen LogP contribution in [0.2, 0.25) is 0 Å². The number of nitrogens with zero attached hydrogens (tertiary/aromatic N) is 1. The van der Waals surface area contributed by atoms with Gasteiger partial charge in [-0.2, -0.15) is 0 Å². The van der Waals surface area contributed by atoms with Gasteiger partial charge in [0.25, 0.3) is 0 Å². The van der Waals surface area contributed by atoms with Crippen LogP contribution in [0.3, 0.4) is 0 Å². The summed E-state index contributed by atoms with van der Waals surface area (Å²) in [6.07, 6.45) is 1.37. The SMILES string of the molecule is Cc1ccc2c(c1)N(CCO)C(=O)CC2. The minimum absolute atomic E-state index is 0.0130. The van der Waals surface area contributed by atoms with Gasteiger partial charge in [-0.1, -0.05) is 12.1 Å². The molecule has 0 aromatic heterocycles. The third-order valence-electron chi connectivity index (χ3n) is 2.76. The molecule has 0 spiro atoms. The molecule has 3 heteroatoms. The van der Waals surface area contributed by atoms with Crippen molar-refractivity contribution in [3.63, 3.8) is 0 Å². The van der Waals surface area contributed by atoms with Crippen LogP contribution in [0.1, 0.15) is 17.5 Å². The number of β-amino-alcohol motifs (C(OH)–C–C–N with tert-alkyl or cyclic N) is 1. The lowest BCUT2D eigenvalue weighted by molar-refractivity contribution is -0.119. The predicted molar refractivity (Wildman–Crippen MR) is 58.9 cm³/mol. The quantitative estimate of drug-likeness (QED) is 0.789. The van der Waals surface area contributed by atoms with Crippen LogP contribution in [-0.4, -0.2) is 24.2 Å². The van der Waals surface area contributed by atoms with Crippen molar-refractivity contribution in [2.75, 3.05) is 18.1 Å². The summed E-state index contributed by atoms with van der Waals surface area (Å²) >= 11 is 0. The van der Waals surface area contributed by atoms with Gasteiger partial charge in [-0.3, -0.25) is 4.79 Å². The van der Waals surface area contributed by atoms with Crippen molar-refractivity contribution in [1.82, 2.24) is 0 Å². The number of fused-ring (bicyclic) bond motifs is 1. The van der Waals surface area contributed by atoms with Gasteiger partial charge in [-0.15, -0.1) is 0 Å². The highest BCUT2D eigenvalue weighted by molar-refractivity contribution is 5.96. The van der Waals surface area contributed by atoms with Crippen LogP contribution in [0.4, 0.5) is 5.69 Å². The smallest absolute Gasteiger partial charge is 0.227 e. The summed E-state index contributed by atoms with van der Waals surface area (Å²) in [6.45, 7) is 2.42. The summed E-state index contributed by atoms with van der Waals surface area (Å²) < 4.78 is 0. The van der Waals surface area contributed by atoms with Crippen LogP contribution in [0.15, 0.2) is 18.2 Å². The van der Waals surface area contributed by atoms with Gasteiger partial charge in [-0.05, 0) is 30.5 Å². The Labute approximate surface area is 89.3 Å². The summed E-state index contributed by atoms with van der Waals surface area (Å²) in [5.74, 6) is 0.113. The highest BCUT2D eigenvalue weighted by Gasteiger charge is 2.23. The topological polar surface area (TPSA) is 40.5 Å². The van der Waals surface area contributed by atoms with Crippen molar-refractivity contribution in [2.24, 2.45) is 0 Å². The van der Waals surface area contributed by atoms with E-state index in [0.29, 0.717) is 13.0 Å². The number of carbonyl (C=O) groups excluding carboxylic acids is 1. The molecule has 1 amide bonds. The number of aliphatic hydroxyl groups is 1. The first kappa shape index (κ1) is 10.2. The lowest BCUT2D eigenvalue weighted by Crippen LogP contribution is -2.37. The summed E-state index contributed by atoms with van der Waals surface area (Å²) in [5, 5.41) is 8.94. The van der Waals surface area contributed by atoms with Gasteiger partial charge in [0.1, 0.15) is 0 Å². The lowest BCUT2D eigenvalue weighted by Gasteiger charge is -2.29. The molecule has 2 rings (SSSR count). The summed E-state index contributed by atoms with van der Waals surface area (Å²) in [4.78, 5) is 13.4. The van der Waals surface area contributed by atoms with Crippen LogP contribution in [0.5, 0.6) is 0 Å². The van der Waals surface area contributed by atoms with Crippen molar-refractivity contribution < 1.29 is 9.90 Å². The zero-order valence-electron chi connectivity index (χ0n) is 8.86. The highest BCUT2D eigenvalue weighted by Crippen LogP contribution is 2.28. The predicted octanol–water partition coefficient (Wildman–Crippen LogP) is 1.27. The van der Waals surface area contributed by atoms with Gasteiger partial charge in [0.15, 0.2) is 0 Å². The molecule has 0 aliphatic carbocycles. The van der Waals surface area contributed by atoms with E-state index in [1.165, 1.54) is 5.56 Å². The monoisotopic (exact) mass is 205 g/mol. The molecule has 1 aromatic rings. The van der Waals surface area contributed by atoms with E-state index in [0.717, 1.165) is 17.7 Å². The molecule has 80 valence electrons. The molecule has 1 aromatic carbocycles. The molecule has 0 radical (unpaired) electrons. The number of anilines is 1. The first-order chi connectivity index (χ1) is 7.22. The van der Waals surface area contributed by atoms with Gasteiger partial charge in [-0.25, -0.2) is 0 Å². The average molecular weight is 205 g/mol. The van der Waals surface area contributed by atoms with Gasteiger partial charge in [0, 0.05) is 18.7 Å². The molecule has 0 bridgehead atoms. The Morgan fingerprint density at radius 1 is 1.40 bits per heavy atom. The molecule has 1 aliphatic rings.